The highest BCUT2D eigenvalue weighted by atomic mass is 16.5. The van der Waals surface area contributed by atoms with Crippen LogP contribution in [0.4, 0.5) is 0 Å². The van der Waals surface area contributed by atoms with Crippen molar-refractivity contribution in [2.75, 3.05) is 33.5 Å². The maximum Gasteiger partial charge on any atom is 0.326 e. The fraction of sp³-hybridized carbons (Fsp3) is 0.818. The summed E-state index contributed by atoms with van der Waals surface area (Å²) in [4.78, 5) is 23.4. The lowest BCUT2D eigenvalue weighted by atomic mass is 10.1. The van der Waals surface area contributed by atoms with E-state index in [1.807, 2.05) is 0 Å². The van der Waals surface area contributed by atoms with E-state index in [0.717, 1.165) is 13.0 Å². The summed E-state index contributed by atoms with van der Waals surface area (Å²) < 4.78 is 10.4. The normalized spacial score (nSPS) is 21.2. The van der Waals surface area contributed by atoms with Crippen LogP contribution >= 0.6 is 0 Å². The van der Waals surface area contributed by atoms with Crippen molar-refractivity contribution in [3.63, 3.8) is 0 Å². The van der Waals surface area contributed by atoms with Gasteiger partial charge in [-0.25, -0.2) is 4.79 Å². The number of carboxylic acid groups (broad SMARTS) is 1. The highest BCUT2D eigenvalue weighted by Crippen LogP contribution is 2.12. The number of likely N-dealkylation sites (N-methyl/N-ethyl adjacent to an activating group) is 1. The number of carboxylic acids is 1. The lowest BCUT2D eigenvalue weighted by Gasteiger charge is -2.21. The van der Waals surface area contributed by atoms with Crippen LogP contribution in [0.1, 0.15) is 13.3 Å². The van der Waals surface area contributed by atoms with E-state index >= 15 is 0 Å². The zero-order valence-electron chi connectivity index (χ0n) is 10.2. The van der Waals surface area contributed by atoms with Gasteiger partial charge < -0.3 is 19.5 Å². The number of carbonyl (C=O) groups is 2. The summed E-state index contributed by atoms with van der Waals surface area (Å²) in [7, 11) is 1.46. The average molecular weight is 245 g/mol. The molecule has 1 amide bonds. The maximum atomic E-state index is 11.6. The summed E-state index contributed by atoms with van der Waals surface area (Å²) in [5.41, 5.74) is 0. The van der Waals surface area contributed by atoms with Gasteiger partial charge in [0.05, 0.1) is 13.2 Å². The van der Waals surface area contributed by atoms with Crippen LogP contribution in [-0.4, -0.2) is 61.4 Å². The number of aliphatic carboxylic acids is 1. The molecule has 0 aliphatic carbocycles. The van der Waals surface area contributed by atoms with Crippen molar-refractivity contribution in [3.05, 3.63) is 0 Å². The van der Waals surface area contributed by atoms with Gasteiger partial charge in [-0.05, 0) is 13.3 Å². The standard InChI is InChI=1S/C11H19NO5/c1-8(11(14)15)12(2)10(13)7-17-6-9-3-4-16-5-9/h8-9H,3-7H2,1-2H3,(H,14,15)/t8-,9-/m1/s1. The number of hydrogen-bond acceptors (Lipinski definition) is 4. The van der Waals surface area contributed by atoms with Crippen LogP contribution in [0.5, 0.6) is 0 Å². The smallest absolute Gasteiger partial charge is 0.326 e. The second-order valence-corrected chi connectivity index (χ2v) is 4.26. The first-order chi connectivity index (χ1) is 8.02. The number of carbonyl (C=O) groups excluding carboxylic acids is 1. The highest BCUT2D eigenvalue weighted by Gasteiger charge is 2.22. The van der Waals surface area contributed by atoms with Crippen molar-refractivity contribution in [1.82, 2.24) is 4.90 Å². The summed E-state index contributed by atoms with van der Waals surface area (Å²) in [6.45, 7) is 3.30. The monoisotopic (exact) mass is 245 g/mol. The second kappa shape index (κ2) is 6.56. The molecule has 98 valence electrons. The first-order valence-electron chi connectivity index (χ1n) is 5.66. The lowest BCUT2D eigenvalue weighted by Crippen LogP contribution is -2.42. The van der Waals surface area contributed by atoms with E-state index in [2.05, 4.69) is 0 Å². The summed E-state index contributed by atoms with van der Waals surface area (Å²) >= 11 is 0. The quantitative estimate of drug-likeness (QED) is 0.711. The molecule has 1 fully saturated rings. The van der Waals surface area contributed by atoms with Crippen molar-refractivity contribution in [1.29, 1.82) is 0 Å². The molecule has 2 atom stereocenters. The molecule has 6 nitrogen and oxygen atoms in total. The molecule has 1 N–H and O–H groups in total. The van der Waals surface area contributed by atoms with Crippen molar-refractivity contribution in [2.45, 2.75) is 19.4 Å². The van der Waals surface area contributed by atoms with E-state index in [1.165, 1.54) is 18.9 Å². The number of ether oxygens (including phenoxy) is 2. The molecule has 0 unspecified atom stereocenters. The van der Waals surface area contributed by atoms with Crippen LogP contribution < -0.4 is 0 Å². The molecule has 0 bridgehead atoms. The molecule has 1 heterocycles. The van der Waals surface area contributed by atoms with Gasteiger partial charge in [-0.3, -0.25) is 4.79 Å². The van der Waals surface area contributed by atoms with E-state index in [1.54, 1.807) is 0 Å². The van der Waals surface area contributed by atoms with E-state index < -0.39 is 12.0 Å². The number of hydrogen-bond donors (Lipinski definition) is 1. The predicted octanol–water partition coefficient (Wildman–Crippen LogP) is -0.0290. The molecule has 0 radical (unpaired) electrons. The molecular weight excluding hydrogens is 226 g/mol. The first kappa shape index (κ1) is 13.9. The van der Waals surface area contributed by atoms with Gasteiger partial charge in [0.2, 0.25) is 5.91 Å². The Bertz CT molecular complexity index is 275. The third kappa shape index (κ3) is 4.32. The third-order valence-corrected chi connectivity index (χ3v) is 2.93. The minimum atomic E-state index is -1.02. The summed E-state index contributed by atoms with van der Waals surface area (Å²) in [6.07, 6.45) is 0.954. The van der Waals surface area contributed by atoms with Crippen LogP contribution in [0.25, 0.3) is 0 Å². The summed E-state index contributed by atoms with van der Waals surface area (Å²) in [5.74, 6) is -0.992. The molecule has 17 heavy (non-hydrogen) atoms. The topological polar surface area (TPSA) is 76.1 Å². The fourth-order valence-electron chi connectivity index (χ4n) is 1.51. The SMILES string of the molecule is C[C@H](C(=O)O)N(C)C(=O)COC[C@@H]1CCOC1. The van der Waals surface area contributed by atoms with Gasteiger partial charge in [0, 0.05) is 19.6 Å². The summed E-state index contributed by atoms with van der Waals surface area (Å²) in [5, 5.41) is 8.75. The van der Waals surface area contributed by atoms with Gasteiger partial charge in [-0.1, -0.05) is 0 Å². The molecule has 1 aliphatic rings. The van der Waals surface area contributed by atoms with Crippen LogP contribution in [0.3, 0.4) is 0 Å². The zero-order valence-corrected chi connectivity index (χ0v) is 10.2. The minimum absolute atomic E-state index is 0.0788. The van der Waals surface area contributed by atoms with E-state index in [4.69, 9.17) is 14.6 Å². The van der Waals surface area contributed by atoms with Crippen molar-refractivity contribution < 1.29 is 24.2 Å². The van der Waals surface area contributed by atoms with Gasteiger partial charge in [0.15, 0.2) is 0 Å². The first-order valence-corrected chi connectivity index (χ1v) is 5.66. The molecule has 6 heteroatoms. The molecule has 0 spiro atoms. The second-order valence-electron chi connectivity index (χ2n) is 4.26. The Kier molecular flexibility index (Phi) is 5.37. The lowest BCUT2D eigenvalue weighted by molar-refractivity contribution is -0.150. The van der Waals surface area contributed by atoms with E-state index in [-0.39, 0.29) is 12.5 Å². The minimum Gasteiger partial charge on any atom is -0.480 e. The predicted molar refractivity (Wildman–Crippen MR) is 59.6 cm³/mol. The van der Waals surface area contributed by atoms with Crippen LogP contribution in [-0.2, 0) is 19.1 Å². The van der Waals surface area contributed by atoms with Crippen LogP contribution in [0.2, 0.25) is 0 Å². The van der Waals surface area contributed by atoms with E-state index in [9.17, 15) is 9.59 Å². The average Bonchev–Trinajstić information content (AvgIpc) is 2.79. The Morgan fingerprint density at radius 2 is 2.29 bits per heavy atom. The Balaban J connectivity index is 2.21. The number of amides is 1. The number of nitrogens with zero attached hydrogens (tertiary/aromatic N) is 1. The van der Waals surface area contributed by atoms with Crippen LogP contribution in [0.15, 0.2) is 0 Å². The Morgan fingerprint density at radius 1 is 1.59 bits per heavy atom. The third-order valence-electron chi connectivity index (χ3n) is 2.93. The molecule has 0 aromatic heterocycles. The molecule has 0 saturated carbocycles. The largest absolute Gasteiger partial charge is 0.480 e. The molecule has 1 aliphatic heterocycles. The summed E-state index contributed by atoms with van der Waals surface area (Å²) in [6, 6.07) is -0.832. The van der Waals surface area contributed by atoms with Gasteiger partial charge in [0.25, 0.3) is 0 Å². The van der Waals surface area contributed by atoms with Crippen molar-refractivity contribution >= 4 is 11.9 Å². The Morgan fingerprint density at radius 3 is 2.82 bits per heavy atom. The van der Waals surface area contributed by atoms with Crippen LogP contribution in [0, 0.1) is 5.92 Å². The maximum absolute atomic E-state index is 11.6. The molecular formula is C11H19NO5. The zero-order chi connectivity index (χ0) is 12.8. The molecule has 0 aromatic rings. The Labute approximate surface area is 100 Å². The molecule has 1 saturated heterocycles. The van der Waals surface area contributed by atoms with Gasteiger partial charge in [0.1, 0.15) is 12.6 Å². The van der Waals surface area contributed by atoms with Crippen molar-refractivity contribution in [2.24, 2.45) is 5.92 Å². The Hall–Kier alpha value is -1.14. The van der Waals surface area contributed by atoms with Crippen molar-refractivity contribution in [3.8, 4) is 0 Å². The molecule has 1 rings (SSSR count). The number of rotatable bonds is 6. The van der Waals surface area contributed by atoms with Gasteiger partial charge in [-0.15, -0.1) is 0 Å². The molecule has 0 aromatic carbocycles. The highest BCUT2D eigenvalue weighted by molar-refractivity contribution is 5.83. The van der Waals surface area contributed by atoms with E-state index in [0.29, 0.717) is 19.1 Å². The van der Waals surface area contributed by atoms with Gasteiger partial charge >= 0.3 is 5.97 Å². The van der Waals surface area contributed by atoms with Gasteiger partial charge in [-0.2, -0.15) is 0 Å². The fourth-order valence-corrected chi connectivity index (χ4v) is 1.51.